The van der Waals surface area contributed by atoms with Crippen molar-refractivity contribution in [3.63, 3.8) is 0 Å². The van der Waals surface area contributed by atoms with Gasteiger partial charge in [0.25, 0.3) is 0 Å². The summed E-state index contributed by atoms with van der Waals surface area (Å²) in [6, 6.07) is 79.4. The Morgan fingerprint density at radius 3 is 1.23 bits per heavy atom. The number of hydrogen-bond donors (Lipinski definition) is 0. The zero-order valence-electron chi connectivity index (χ0n) is 33.1. The molecule has 9 aromatic carbocycles. The largest absolute Gasteiger partial charge is 0.208 e. The number of fused-ring (bicyclic) bond motifs is 3. The number of rotatable bonds is 8. The van der Waals surface area contributed by atoms with E-state index < -0.39 is 0 Å². The minimum atomic E-state index is 0.632. The highest BCUT2D eigenvalue weighted by atomic mass is 32.1. The number of hydrogen-bond acceptors (Lipinski definition) is 4. The molecule has 11 rings (SSSR count). The first kappa shape index (κ1) is 36.3. The molecule has 2 heterocycles. The molecule has 61 heavy (non-hydrogen) atoms. The van der Waals surface area contributed by atoms with Gasteiger partial charge in [0.05, 0.1) is 0 Å². The van der Waals surface area contributed by atoms with Crippen molar-refractivity contribution in [2.75, 3.05) is 0 Å². The molecule has 0 spiro atoms. The average molecular weight is 796 g/mol. The van der Waals surface area contributed by atoms with E-state index in [9.17, 15) is 0 Å². The van der Waals surface area contributed by atoms with E-state index >= 15 is 0 Å². The van der Waals surface area contributed by atoms with Gasteiger partial charge < -0.3 is 0 Å². The molecule has 0 atom stereocenters. The van der Waals surface area contributed by atoms with Crippen LogP contribution < -0.4 is 0 Å². The Morgan fingerprint density at radius 2 is 0.639 bits per heavy atom. The monoisotopic (exact) mass is 795 g/mol. The molecular formula is C57H37N3S. The number of thiophene rings is 1. The van der Waals surface area contributed by atoms with Gasteiger partial charge in [0, 0.05) is 36.9 Å². The first-order valence-corrected chi connectivity index (χ1v) is 21.3. The van der Waals surface area contributed by atoms with Gasteiger partial charge in [-0.3, -0.25) is 0 Å². The maximum Gasteiger partial charge on any atom is 0.165 e. The first-order valence-electron chi connectivity index (χ1n) is 20.5. The minimum Gasteiger partial charge on any atom is -0.208 e. The van der Waals surface area contributed by atoms with Crippen molar-refractivity contribution >= 4 is 31.5 Å². The third-order valence-corrected chi connectivity index (χ3v) is 12.7. The minimum absolute atomic E-state index is 0.632. The van der Waals surface area contributed by atoms with Gasteiger partial charge in [-0.25, -0.2) is 15.0 Å². The van der Waals surface area contributed by atoms with Crippen LogP contribution >= 0.6 is 11.3 Å². The van der Waals surface area contributed by atoms with Gasteiger partial charge in [0.2, 0.25) is 0 Å². The van der Waals surface area contributed by atoms with Crippen molar-refractivity contribution in [1.29, 1.82) is 0 Å². The second-order valence-corrected chi connectivity index (χ2v) is 16.2. The first-order chi connectivity index (χ1) is 30.2. The third-order valence-electron chi connectivity index (χ3n) is 11.4. The molecule has 286 valence electrons. The van der Waals surface area contributed by atoms with Crippen molar-refractivity contribution in [3.8, 4) is 89.8 Å². The fourth-order valence-electron chi connectivity index (χ4n) is 8.23. The summed E-state index contributed by atoms with van der Waals surface area (Å²) in [5.41, 5.74) is 14.5. The van der Waals surface area contributed by atoms with Crippen molar-refractivity contribution in [1.82, 2.24) is 15.0 Å². The molecule has 0 amide bonds. The van der Waals surface area contributed by atoms with Crippen LogP contribution in [0.5, 0.6) is 0 Å². The zero-order valence-corrected chi connectivity index (χ0v) is 33.9. The Bertz CT molecular complexity index is 3310. The molecule has 0 N–H and O–H groups in total. The molecule has 11 aromatic rings. The van der Waals surface area contributed by atoms with Gasteiger partial charge in [-0.15, -0.1) is 11.3 Å². The molecule has 2 aromatic heterocycles. The summed E-state index contributed by atoms with van der Waals surface area (Å²) in [4.78, 5) is 15.8. The fourth-order valence-corrected chi connectivity index (χ4v) is 9.56. The summed E-state index contributed by atoms with van der Waals surface area (Å²) in [5, 5.41) is 2.39. The molecule has 0 aliphatic rings. The average Bonchev–Trinajstić information content (AvgIpc) is 3.74. The van der Waals surface area contributed by atoms with Crippen LogP contribution in [0.1, 0.15) is 0 Å². The molecule has 0 aliphatic carbocycles. The van der Waals surface area contributed by atoms with Crippen LogP contribution in [-0.4, -0.2) is 15.0 Å². The lowest BCUT2D eigenvalue weighted by Crippen LogP contribution is -2.00. The van der Waals surface area contributed by atoms with E-state index in [0.29, 0.717) is 17.5 Å². The van der Waals surface area contributed by atoms with Crippen LogP contribution in [0.3, 0.4) is 0 Å². The van der Waals surface area contributed by atoms with E-state index in [1.165, 1.54) is 48.9 Å². The van der Waals surface area contributed by atoms with E-state index in [2.05, 4.69) is 200 Å². The van der Waals surface area contributed by atoms with Crippen molar-refractivity contribution < 1.29 is 0 Å². The summed E-state index contributed by atoms with van der Waals surface area (Å²) in [6.07, 6.45) is 0. The summed E-state index contributed by atoms with van der Waals surface area (Å²) >= 11 is 1.81. The van der Waals surface area contributed by atoms with Gasteiger partial charge in [-0.2, -0.15) is 0 Å². The van der Waals surface area contributed by atoms with Crippen LogP contribution in [0.2, 0.25) is 0 Å². The lowest BCUT2D eigenvalue weighted by molar-refractivity contribution is 1.08. The molecular weight excluding hydrogens is 759 g/mol. The molecule has 0 radical (unpaired) electrons. The molecule has 3 nitrogen and oxygen atoms in total. The van der Waals surface area contributed by atoms with Gasteiger partial charge in [-0.1, -0.05) is 206 Å². The van der Waals surface area contributed by atoms with Crippen LogP contribution in [-0.2, 0) is 0 Å². The Kier molecular flexibility index (Phi) is 9.38. The highest BCUT2D eigenvalue weighted by molar-refractivity contribution is 7.26. The maximum atomic E-state index is 5.35. The van der Waals surface area contributed by atoms with Crippen LogP contribution in [0.15, 0.2) is 224 Å². The molecule has 0 unspecified atom stereocenters. The molecule has 0 fully saturated rings. The maximum absolute atomic E-state index is 5.35. The summed E-state index contributed by atoms with van der Waals surface area (Å²) in [7, 11) is 0. The molecule has 4 heteroatoms. The summed E-state index contributed by atoms with van der Waals surface area (Å²) in [5.74, 6) is 1.91. The van der Waals surface area contributed by atoms with E-state index in [-0.39, 0.29) is 0 Å². The van der Waals surface area contributed by atoms with Gasteiger partial charge in [0.1, 0.15) is 0 Å². The third kappa shape index (κ3) is 7.09. The van der Waals surface area contributed by atoms with Crippen molar-refractivity contribution in [2.24, 2.45) is 0 Å². The zero-order chi connectivity index (χ0) is 40.5. The van der Waals surface area contributed by atoms with Crippen LogP contribution in [0, 0.1) is 0 Å². The van der Waals surface area contributed by atoms with E-state index in [1.807, 2.05) is 35.6 Å². The van der Waals surface area contributed by atoms with Crippen LogP contribution in [0.25, 0.3) is 110 Å². The van der Waals surface area contributed by atoms with E-state index in [1.54, 1.807) is 0 Å². The topological polar surface area (TPSA) is 38.7 Å². The standard InChI is InChI=1S/C57H37N3S/c1-5-15-38(16-6-1)41-27-29-43(30-28-41)48-36-51-50-26-14-25-49(44-33-31-42(32-34-44)39-17-7-2-8-18-39)53(50)61-54(51)52(37-48)57-59-55(45-21-11-4-12-22-45)58-56(60-57)47-24-13-23-46(35-47)40-19-9-3-10-20-40/h1-37H. The second-order valence-electron chi connectivity index (χ2n) is 15.2. The predicted octanol–water partition coefficient (Wildman–Crippen LogP) is 15.6. The Balaban J connectivity index is 1.12. The van der Waals surface area contributed by atoms with E-state index in [0.717, 1.165) is 43.6 Å². The van der Waals surface area contributed by atoms with Crippen LogP contribution in [0.4, 0.5) is 0 Å². The Morgan fingerprint density at radius 1 is 0.230 bits per heavy atom. The number of benzene rings is 9. The quantitative estimate of drug-likeness (QED) is 0.154. The molecule has 0 bridgehead atoms. The van der Waals surface area contributed by atoms with Gasteiger partial charge in [-0.05, 0) is 73.8 Å². The lowest BCUT2D eigenvalue weighted by Gasteiger charge is -2.12. The lowest BCUT2D eigenvalue weighted by atomic mass is 9.96. The summed E-state index contributed by atoms with van der Waals surface area (Å²) < 4.78 is 2.37. The second kappa shape index (κ2) is 15.8. The molecule has 0 saturated heterocycles. The molecule has 0 saturated carbocycles. The van der Waals surface area contributed by atoms with Crippen molar-refractivity contribution in [3.05, 3.63) is 224 Å². The Hall–Kier alpha value is -7.79. The highest BCUT2D eigenvalue weighted by Gasteiger charge is 2.20. The normalized spacial score (nSPS) is 11.3. The molecule has 0 aliphatic heterocycles. The smallest absolute Gasteiger partial charge is 0.165 e. The number of nitrogens with zero attached hydrogens (tertiary/aromatic N) is 3. The van der Waals surface area contributed by atoms with E-state index in [4.69, 9.17) is 15.0 Å². The SMILES string of the molecule is c1ccc(-c2ccc(-c3cc(-c4nc(-c5ccccc5)nc(-c5cccc(-c6ccccc6)c5)n4)c4sc5c(-c6ccc(-c7ccccc7)cc6)cccc5c4c3)cc2)cc1. The predicted molar refractivity (Wildman–Crippen MR) is 256 cm³/mol. The Labute approximate surface area is 359 Å². The van der Waals surface area contributed by atoms with Crippen molar-refractivity contribution in [2.45, 2.75) is 0 Å². The van der Waals surface area contributed by atoms with Gasteiger partial charge >= 0.3 is 0 Å². The summed E-state index contributed by atoms with van der Waals surface area (Å²) in [6.45, 7) is 0. The number of aromatic nitrogens is 3. The van der Waals surface area contributed by atoms with Gasteiger partial charge in [0.15, 0.2) is 17.5 Å². The highest BCUT2D eigenvalue weighted by Crippen LogP contribution is 2.46. The fraction of sp³-hybridized carbons (Fsp3) is 0.